The fourth-order valence-corrected chi connectivity index (χ4v) is 2.75. The topological polar surface area (TPSA) is 49.6 Å². The van der Waals surface area contributed by atoms with Crippen molar-refractivity contribution in [3.05, 3.63) is 34.9 Å². The molecule has 2 rings (SSSR count). The molecule has 112 valence electrons. The molecule has 1 atom stereocenters. The lowest BCUT2D eigenvalue weighted by molar-refractivity contribution is 0.0533. The summed E-state index contributed by atoms with van der Waals surface area (Å²) in [5, 5.41) is 0. The van der Waals surface area contributed by atoms with Crippen molar-refractivity contribution in [3.63, 3.8) is 0 Å². The van der Waals surface area contributed by atoms with Gasteiger partial charge in [0, 0.05) is 36.8 Å². The second-order valence-corrected chi connectivity index (χ2v) is 5.59. The minimum Gasteiger partial charge on any atom is -0.333 e. The van der Waals surface area contributed by atoms with Gasteiger partial charge in [-0.25, -0.2) is 0 Å². The maximum absolute atomic E-state index is 12.8. The van der Waals surface area contributed by atoms with Crippen molar-refractivity contribution < 1.29 is 4.79 Å². The Hall–Kier alpha value is -1.83. The maximum Gasteiger partial charge on any atom is 0.254 e. The molecule has 2 N–H and O–H groups in total. The number of piperazine rings is 1. The largest absolute Gasteiger partial charge is 0.333 e. The Bertz CT molecular complexity index is 585. The van der Waals surface area contributed by atoms with Crippen LogP contribution < -0.4 is 5.73 Å². The standard InChI is InChI=1S/C17H23N3O/c1-13-12-19(3)10-11-20(13)17(21)16-8-4-6-15(14(16)2)7-5-9-18/h4,6,8,13H,9-12,18H2,1-3H3. The minimum absolute atomic E-state index is 0.101. The molecular formula is C17H23N3O. The quantitative estimate of drug-likeness (QED) is 0.786. The molecular weight excluding hydrogens is 262 g/mol. The fourth-order valence-electron chi connectivity index (χ4n) is 2.75. The highest BCUT2D eigenvalue weighted by Crippen LogP contribution is 2.18. The van der Waals surface area contributed by atoms with Crippen LogP contribution in [0, 0.1) is 18.8 Å². The van der Waals surface area contributed by atoms with Crippen molar-refractivity contribution in [2.45, 2.75) is 19.9 Å². The van der Waals surface area contributed by atoms with Crippen LogP contribution in [0.1, 0.15) is 28.4 Å². The number of carbonyl (C=O) groups excluding carboxylic acids is 1. The predicted molar refractivity (Wildman–Crippen MR) is 85.1 cm³/mol. The summed E-state index contributed by atoms with van der Waals surface area (Å²) in [6.07, 6.45) is 0. The number of benzene rings is 1. The van der Waals surface area contributed by atoms with Gasteiger partial charge in [-0.2, -0.15) is 0 Å². The summed E-state index contributed by atoms with van der Waals surface area (Å²) in [7, 11) is 2.09. The highest BCUT2D eigenvalue weighted by Gasteiger charge is 2.27. The summed E-state index contributed by atoms with van der Waals surface area (Å²) < 4.78 is 0. The maximum atomic E-state index is 12.8. The molecule has 1 saturated heterocycles. The second-order valence-electron chi connectivity index (χ2n) is 5.59. The molecule has 0 radical (unpaired) electrons. The normalized spacial score (nSPS) is 19.0. The molecule has 4 heteroatoms. The molecule has 1 aliphatic rings. The average molecular weight is 285 g/mol. The van der Waals surface area contributed by atoms with E-state index in [4.69, 9.17) is 5.73 Å². The first-order valence-electron chi connectivity index (χ1n) is 7.32. The highest BCUT2D eigenvalue weighted by atomic mass is 16.2. The summed E-state index contributed by atoms with van der Waals surface area (Å²) in [6, 6.07) is 5.94. The SMILES string of the molecule is Cc1c(C#CCN)cccc1C(=O)N1CCN(C)CC1C. The van der Waals surface area contributed by atoms with Gasteiger partial charge in [0.1, 0.15) is 0 Å². The van der Waals surface area contributed by atoms with Crippen LogP contribution in [0.5, 0.6) is 0 Å². The smallest absolute Gasteiger partial charge is 0.254 e. The molecule has 21 heavy (non-hydrogen) atoms. The zero-order valence-corrected chi connectivity index (χ0v) is 13.0. The average Bonchev–Trinajstić information content (AvgIpc) is 2.45. The van der Waals surface area contributed by atoms with E-state index in [2.05, 4.69) is 30.7 Å². The van der Waals surface area contributed by atoms with Gasteiger partial charge in [-0.15, -0.1) is 0 Å². The Morgan fingerprint density at radius 2 is 2.19 bits per heavy atom. The van der Waals surface area contributed by atoms with Crippen LogP contribution in [0.3, 0.4) is 0 Å². The van der Waals surface area contributed by atoms with Crippen molar-refractivity contribution in [3.8, 4) is 11.8 Å². The molecule has 1 aliphatic heterocycles. The van der Waals surface area contributed by atoms with Gasteiger partial charge in [0.05, 0.1) is 6.54 Å². The van der Waals surface area contributed by atoms with Gasteiger partial charge in [-0.3, -0.25) is 4.79 Å². The van der Waals surface area contributed by atoms with Crippen LogP contribution in [-0.4, -0.2) is 55.0 Å². The molecule has 4 nitrogen and oxygen atoms in total. The summed E-state index contributed by atoms with van der Waals surface area (Å²) in [5.74, 6) is 5.99. The van der Waals surface area contributed by atoms with Gasteiger partial charge in [-0.1, -0.05) is 17.9 Å². The summed E-state index contributed by atoms with van der Waals surface area (Å²) in [4.78, 5) is 17.0. The number of nitrogens with zero attached hydrogens (tertiary/aromatic N) is 2. The van der Waals surface area contributed by atoms with Crippen LogP contribution in [-0.2, 0) is 0 Å². The lowest BCUT2D eigenvalue weighted by atomic mass is 10.0. The van der Waals surface area contributed by atoms with Crippen LogP contribution >= 0.6 is 0 Å². The molecule has 0 saturated carbocycles. The van der Waals surface area contributed by atoms with E-state index in [0.29, 0.717) is 6.54 Å². The van der Waals surface area contributed by atoms with Gasteiger partial charge in [0.25, 0.3) is 5.91 Å². The van der Waals surface area contributed by atoms with Gasteiger partial charge < -0.3 is 15.5 Å². The first kappa shape index (κ1) is 15.6. The Kier molecular flexibility index (Phi) is 5.00. The number of rotatable bonds is 1. The first-order chi connectivity index (χ1) is 10.0. The van der Waals surface area contributed by atoms with Crippen LogP contribution in [0.2, 0.25) is 0 Å². The monoisotopic (exact) mass is 285 g/mol. The van der Waals surface area contributed by atoms with E-state index in [-0.39, 0.29) is 11.9 Å². The number of nitrogens with two attached hydrogens (primary N) is 1. The third-order valence-electron chi connectivity index (χ3n) is 3.98. The van der Waals surface area contributed by atoms with E-state index in [1.807, 2.05) is 30.0 Å². The van der Waals surface area contributed by atoms with Crippen molar-refractivity contribution in [2.75, 3.05) is 33.2 Å². The molecule has 1 aromatic carbocycles. The summed E-state index contributed by atoms with van der Waals surface area (Å²) in [6.45, 7) is 6.98. The van der Waals surface area contributed by atoms with E-state index < -0.39 is 0 Å². The number of likely N-dealkylation sites (N-methyl/N-ethyl adjacent to an activating group) is 1. The Balaban J connectivity index is 2.27. The van der Waals surface area contributed by atoms with E-state index in [1.54, 1.807) is 0 Å². The van der Waals surface area contributed by atoms with E-state index in [0.717, 1.165) is 36.3 Å². The molecule has 0 aromatic heterocycles. The number of carbonyl (C=O) groups is 1. The summed E-state index contributed by atoms with van der Waals surface area (Å²) >= 11 is 0. The molecule has 1 fully saturated rings. The van der Waals surface area contributed by atoms with Crippen molar-refractivity contribution in [2.24, 2.45) is 5.73 Å². The van der Waals surface area contributed by atoms with Crippen molar-refractivity contribution in [1.29, 1.82) is 0 Å². The van der Waals surface area contributed by atoms with Crippen molar-refractivity contribution >= 4 is 5.91 Å². The number of hydrogen-bond donors (Lipinski definition) is 1. The Morgan fingerprint density at radius 3 is 2.86 bits per heavy atom. The van der Waals surface area contributed by atoms with Crippen molar-refractivity contribution in [1.82, 2.24) is 9.80 Å². The molecule has 1 unspecified atom stereocenters. The van der Waals surface area contributed by atoms with Gasteiger partial charge in [0.15, 0.2) is 0 Å². The molecule has 0 bridgehead atoms. The molecule has 1 heterocycles. The van der Waals surface area contributed by atoms with Gasteiger partial charge in [-0.05, 0) is 38.6 Å². The van der Waals surface area contributed by atoms with E-state index in [1.165, 1.54) is 0 Å². The van der Waals surface area contributed by atoms with E-state index in [9.17, 15) is 4.79 Å². The van der Waals surface area contributed by atoms with Crippen LogP contribution in [0.25, 0.3) is 0 Å². The number of amides is 1. The molecule has 1 amide bonds. The molecule has 1 aromatic rings. The third kappa shape index (κ3) is 3.44. The summed E-state index contributed by atoms with van der Waals surface area (Å²) in [5.41, 5.74) is 7.99. The minimum atomic E-state index is 0.101. The number of hydrogen-bond acceptors (Lipinski definition) is 3. The molecule has 0 spiro atoms. The molecule has 0 aliphatic carbocycles. The first-order valence-corrected chi connectivity index (χ1v) is 7.32. The Labute approximate surface area is 126 Å². The van der Waals surface area contributed by atoms with E-state index >= 15 is 0 Å². The second kappa shape index (κ2) is 6.75. The zero-order chi connectivity index (χ0) is 15.4. The lowest BCUT2D eigenvalue weighted by Gasteiger charge is -2.38. The van der Waals surface area contributed by atoms with Crippen LogP contribution in [0.15, 0.2) is 18.2 Å². The zero-order valence-electron chi connectivity index (χ0n) is 13.0. The predicted octanol–water partition coefficient (Wildman–Crippen LogP) is 1.08. The third-order valence-corrected chi connectivity index (χ3v) is 3.98. The van der Waals surface area contributed by atoms with Gasteiger partial charge >= 0.3 is 0 Å². The van der Waals surface area contributed by atoms with Crippen LogP contribution in [0.4, 0.5) is 0 Å². The van der Waals surface area contributed by atoms with Gasteiger partial charge in [0.2, 0.25) is 0 Å². The fraction of sp³-hybridized carbons (Fsp3) is 0.471. The lowest BCUT2D eigenvalue weighted by Crippen LogP contribution is -2.52. The Morgan fingerprint density at radius 1 is 1.43 bits per heavy atom. The highest BCUT2D eigenvalue weighted by molar-refractivity contribution is 5.96.